The Balaban J connectivity index is 1.33. The van der Waals surface area contributed by atoms with Crippen molar-refractivity contribution >= 4 is 29.3 Å². The number of benzene rings is 2. The number of aromatic nitrogens is 2. The zero-order valence-electron chi connectivity index (χ0n) is 14.9. The van der Waals surface area contributed by atoms with E-state index in [1.165, 1.54) is 11.8 Å². The monoisotopic (exact) mass is 391 g/mol. The van der Waals surface area contributed by atoms with Gasteiger partial charge in [-0.25, -0.2) is 9.48 Å². The highest BCUT2D eigenvalue weighted by atomic mass is 32.2. The Hall–Kier alpha value is -3.06. The van der Waals surface area contributed by atoms with Crippen molar-refractivity contribution in [3.8, 4) is 5.69 Å². The molecule has 0 radical (unpaired) electrons. The van der Waals surface area contributed by atoms with E-state index in [0.29, 0.717) is 12.8 Å². The van der Waals surface area contributed by atoms with Crippen molar-refractivity contribution in [2.75, 3.05) is 4.90 Å². The Morgan fingerprint density at radius 2 is 1.96 bits per heavy atom. The zero-order valence-corrected chi connectivity index (χ0v) is 15.8. The summed E-state index contributed by atoms with van der Waals surface area (Å²) in [5.74, 6) is -0.395. The molecular weight excluding hydrogens is 374 g/mol. The summed E-state index contributed by atoms with van der Waals surface area (Å²) >= 11 is 1.42. The molecule has 0 spiro atoms. The summed E-state index contributed by atoms with van der Waals surface area (Å²) in [6, 6.07) is 17.2. The minimum atomic E-state index is -0.976. The molecule has 3 heterocycles. The summed E-state index contributed by atoms with van der Waals surface area (Å²) in [5.41, 5.74) is 2.63. The Labute approximate surface area is 166 Å². The van der Waals surface area contributed by atoms with Crippen LogP contribution in [0.1, 0.15) is 18.4 Å². The quantitative estimate of drug-likeness (QED) is 0.637. The first kappa shape index (κ1) is 17.1. The molecule has 0 bridgehead atoms. The summed E-state index contributed by atoms with van der Waals surface area (Å²) in [6.07, 6.45) is 4.41. The number of carbonyl (C=O) groups is 2. The lowest BCUT2D eigenvalue weighted by Crippen LogP contribution is -2.47. The number of esters is 1. The number of nitrogens with zero attached hydrogens (tertiary/aromatic N) is 3. The number of hydrogen-bond acceptors (Lipinski definition) is 5. The van der Waals surface area contributed by atoms with Crippen molar-refractivity contribution in [1.29, 1.82) is 0 Å². The summed E-state index contributed by atoms with van der Waals surface area (Å²) in [4.78, 5) is 27.1. The van der Waals surface area contributed by atoms with Crippen LogP contribution in [0.25, 0.3) is 5.69 Å². The molecule has 2 aliphatic rings. The fraction of sp³-hybridized carbons (Fsp3) is 0.190. The Bertz CT molecular complexity index is 1050. The van der Waals surface area contributed by atoms with Crippen LogP contribution in [0.5, 0.6) is 0 Å². The highest BCUT2D eigenvalue weighted by molar-refractivity contribution is 8.02. The van der Waals surface area contributed by atoms with Crippen LogP contribution in [0.3, 0.4) is 0 Å². The number of carbonyl (C=O) groups excluding carboxylic acids is 2. The van der Waals surface area contributed by atoms with E-state index in [0.717, 1.165) is 21.8 Å². The van der Waals surface area contributed by atoms with Gasteiger partial charge in [0.1, 0.15) is 6.61 Å². The van der Waals surface area contributed by atoms with Crippen LogP contribution in [-0.4, -0.2) is 26.5 Å². The van der Waals surface area contributed by atoms with Crippen LogP contribution in [0, 0.1) is 0 Å². The normalized spacial score (nSPS) is 20.1. The van der Waals surface area contributed by atoms with Gasteiger partial charge in [-0.15, -0.1) is 0 Å². The molecule has 2 aliphatic heterocycles. The fourth-order valence-electron chi connectivity index (χ4n) is 3.70. The van der Waals surface area contributed by atoms with Crippen LogP contribution in [-0.2, 0) is 20.9 Å². The minimum absolute atomic E-state index is 0.0297. The topological polar surface area (TPSA) is 64.4 Å². The van der Waals surface area contributed by atoms with E-state index >= 15 is 0 Å². The fourth-order valence-corrected chi connectivity index (χ4v) is 5.11. The third kappa shape index (κ3) is 2.62. The van der Waals surface area contributed by atoms with Crippen LogP contribution >= 0.6 is 11.8 Å². The van der Waals surface area contributed by atoms with Crippen molar-refractivity contribution in [3.05, 3.63) is 72.6 Å². The largest absolute Gasteiger partial charge is 0.458 e. The summed E-state index contributed by atoms with van der Waals surface area (Å²) in [7, 11) is 0. The van der Waals surface area contributed by atoms with Gasteiger partial charge >= 0.3 is 5.97 Å². The molecule has 1 fully saturated rings. The predicted octanol–water partition coefficient (Wildman–Crippen LogP) is 3.54. The molecule has 28 heavy (non-hydrogen) atoms. The highest BCUT2D eigenvalue weighted by Crippen LogP contribution is 2.56. The smallest absolute Gasteiger partial charge is 0.343 e. The predicted molar refractivity (Wildman–Crippen MR) is 105 cm³/mol. The average molecular weight is 391 g/mol. The molecule has 1 aromatic heterocycles. The maximum absolute atomic E-state index is 13.0. The van der Waals surface area contributed by atoms with E-state index in [2.05, 4.69) is 5.10 Å². The molecule has 140 valence electrons. The standard InChI is InChI=1S/C21H17N3O3S/c25-19-10-11-21(24(19)17-4-1-2-5-18(17)28-21)20(26)27-14-15-6-8-16(9-7-15)23-13-3-12-22-23/h1-9,12-13H,10-11,14H2. The first-order valence-corrected chi connectivity index (χ1v) is 9.86. The van der Waals surface area contributed by atoms with Crippen molar-refractivity contribution < 1.29 is 14.3 Å². The van der Waals surface area contributed by atoms with Crippen LogP contribution in [0.2, 0.25) is 0 Å². The number of para-hydroxylation sites is 1. The third-order valence-corrected chi connectivity index (χ3v) is 6.52. The van der Waals surface area contributed by atoms with Gasteiger partial charge in [0.25, 0.3) is 0 Å². The molecule has 1 unspecified atom stereocenters. The molecule has 0 aliphatic carbocycles. The maximum Gasteiger partial charge on any atom is 0.343 e. The van der Waals surface area contributed by atoms with Gasteiger partial charge in [0.05, 0.1) is 11.4 Å². The second-order valence-corrected chi connectivity index (χ2v) is 8.10. The molecule has 6 nitrogen and oxygen atoms in total. The van der Waals surface area contributed by atoms with Crippen molar-refractivity contribution in [2.45, 2.75) is 29.2 Å². The average Bonchev–Trinajstić information content (AvgIpc) is 3.43. The number of rotatable bonds is 4. The molecule has 0 N–H and O–H groups in total. The van der Waals surface area contributed by atoms with E-state index in [9.17, 15) is 9.59 Å². The van der Waals surface area contributed by atoms with Gasteiger partial charge in [0, 0.05) is 30.1 Å². The van der Waals surface area contributed by atoms with Gasteiger partial charge in [-0.2, -0.15) is 5.10 Å². The highest BCUT2D eigenvalue weighted by Gasteiger charge is 2.58. The summed E-state index contributed by atoms with van der Waals surface area (Å²) < 4.78 is 7.42. The number of amides is 1. The maximum atomic E-state index is 13.0. The van der Waals surface area contributed by atoms with E-state index in [1.54, 1.807) is 15.8 Å². The van der Waals surface area contributed by atoms with Gasteiger partial charge in [-0.05, 0) is 35.9 Å². The molecule has 1 atom stereocenters. The molecule has 5 rings (SSSR count). The van der Waals surface area contributed by atoms with Crippen LogP contribution in [0.15, 0.2) is 71.9 Å². The first-order chi connectivity index (χ1) is 13.7. The second kappa shape index (κ2) is 6.53. The first-order valence-electron chi connectivity index (χ1n) is 9.05. The van der Waals surface area contributed by atoms with Gasteiger partial charge in [-0.3, -0.25) is 9.69 Å². The lowest BCUT2D eigenvalue weighted by atomic mass is 10.2. The Morgan fingerprint density at radius 1 is 1.14 bits per heavy atom. The molecule has 3 aromatic rings. The minimum Gasteiger partial charge on any atom is -0.458 e. The Kier molecular flexibility index (Phi) is 3.98. The van der Waals surface area contributed by atoms with Gasteiger partial charge in [-0.1, -0.05) is 36.0 Å². The van der Waals surface area contributed by atoms with E-state index in [4.69, 9.17) is 4.74 Å². The number of hydrogen-bond donors (Lipinski definition) is 0. The molecule has 1 amide bonds. The number of thioether (sulfide) groups is 1. The summed E-state index contributed by atoms with van der Waals surface area (Å²) in [5, 5.41) is 4.20. The number of ether oxygens (including phenoxy) is 1. The lowest BCUT2D eigenvalue weighted by molar-refractivity contribution is -0.148. The van der Waals surface area contributed by atoms with E-state index in [1.807, 2.05) is 60.8 Å². The molecular formula is C21H17N3O3S. The van der Waals surface area contributed by atoms with Crippen molar-refractivity contribution in [1.82, 2.24) is 9.78 Å². The molecule has 0 saturated carbocycles. The van der Waals surface area contributed by atoms with E-state index < -0.39 is 4.87 Å². The number of anilines is 1. The molecule has 1 saturated heterocycles. The molecule has 2 aromatic carbocycles. The molecule has 7 heteroatoms. The van der Waals surface area contributed by atoms with Gasteiger partial charge in [0.15, 0.2) is 4.87 Å². The second-order valence-electron chi connectivity index (χ2n) is 6.78. The zero-order chi connectivity index (χ0) is 19.1. The van der Waals surface area contributed by atoms with Crippen LogP contribution in [0.4, 0.5) is 5.69 Å². The van der Waals surface area contributed by atoms with Crippen LogP contribution < -0.4 is 4.90 Å². The van der Waals surface area contributed by atoms with Crippen molar-refractivity contribution in [2.24, 2.45) is 0 Å². The SMILES string of the molecule is O=C1CCC2(C(=O)OCc3ccc(-n4cccn4)cc3)Sc3ccccc3N12. The van der Waals surface area contributed by atoms with E-state index in [-0.39, 0.29) is 18.5 Å². The lowest BCUT2D eigenvalue weighted by Gasteiger charge is -2.28. The summed E-state index contributed by atoms with van der Waals surface area (Å²) in [6.45, 7) is 0.166. The van der Waals surface area contributed by atoms with Crippen molar-refractivity contribution in [3.63, 3.8) is 0 Å². The Morgan fingerprint density at radius 3 is 2.75 bits per heavy atom. The number of fused-ring (bicyclic) bond motifs is 3. The third-order valence-electron chi connectivity index (χ3n) is 5.07. The van der Waals surface area contributed by atoms with Gasteiger partial charge < -0.3 is 4.74 Å². The van der Waals surface area contributed by atoms with Gasteiger partial charge in [0.2, 0.25) is 5.91 Å².